The van der Waals surface area contributed by atoms with Crippen molar-refractivity contribution in [2.24, 2.45) is 0 Å². The standard InChI is InChI=1S/C22H14F6N2O3/c1-11-3-5-13(7-15(11)19-29-17(9-31-19)21(23,24)25)33-14-6-4-12(2)16(8-14)20-30-18(10-32-20)22(26,27)28/h3-10H,1-2H3. The van der Waals surface area contributed by atoms with Crippen molar-refractivity contribution in [1.29, 1.82) is 0 Å². The summed E-state index contributed by atoms with van der Waals surface area (Å²) in [6.45, 7) is 3.34. The van der Waals surface area contributed by atoms with Crippen LogP contribution in [0, 0.1) is 13.8 Å². The highest BCUT2D eigenvalue weighted by Gasteiger charge is 2.36. The molecule has 5 nitrogen and oxygen atoms in total. The molecule has 0 fully saturated rings. The van der Waals surface area contributed by atoms with Crippen molar-refractivity contribution in [3.63, 3.8) is 0 Å². The Kier molecular flexibility index (Phi) is 5.43. The Labute approximate surface area is 182 Å². The first-order chi connectivity index (χ1) is 15.4. The number of oxazole rings is 2. The van der Waals surface area contributed by atoms with Gasteiger partial charge < -0.3 is 13.6 Å². The molecule has 0 saturated heterocycles. The SMILES string of the molecule is Cc1ccc(Oc2ccc(C)c(-c3nc(C(F)(F)F)co3)c2)cc1-c1nc(C(F)(F)F)co1. The first-order valence-electron chi connectivity index (χ1n) is 9.37. The van der Waals surface area contributed by atoms with Gasteiger partial charge in [-0.2, -0.15) is 26.3 Å². The Morgan fingerprint density at radius 3 is 1.39 bits per heavy atom. The van der Waals surface area contributed by atoms with E-state index < -0.39 is 23.7 Å². The van der Waals surface area contributed by atoms with E-state index in [0.29, 0.717) is 23.7 Å². The lowest BCUT2D eigenvalue weighted by Gasteiger charge is -2.10. The van der Waals surface area contributed by atoms with Crippen molar-refractivity contribution < 1.29 is 39.9 Å². The number of aromatic nitrogens is 2. The van der Waals surface area contributed by atoms with Crippen LogP contribution in [0.2, 0.25) is 0 Å². The highest BCUT2D eigenvalue weighted by molar-refractivity contribution is 5.63. The van der Waals surface area contributed by atoms with E-state index in [2.05, 4.69) is 9.97 Å². The van der Waals surface area contributed by atoms with Gasteiger partial charge in [-0.25, -0.2) is 9.97 Å². The van der Waals surface area contributed by atoms with Crippen molar-refractivity contribution in [3.05, 3.63) is 71.4 Å². The van der Waals surface area contributed by atoms with Crippen LogP contribution in [-0.2, 0) is 12.4 Å². The summed E-state index contributed by atoms with van der Waals surface area (Å²) in [6.07, 6.45) is -8.23. The lowest BCUT2D eigenvalue weighted by molar-refractivity contribution is -0.142. The molecule has 0 spiro atoms. The highest BCUT2D eigenvalue weighted by atomic mass is 19.4. The molecule has 11 heteroatoms. The van der Waals surface area contributed by atoms with E-state index in [9.17, 15) is 26.3 Å². The summed E-state index contributed by atoms with van der Waals surface area (Å²) >= 11 is 0. The summed E-state index contributed by atoms with van der Waals surface area (Å²) in [4.78, 5) is 6.98. The average molecular weight is 468 g/mol. The molecule has 2 heterocycles. The van der Waals surface area contributed by atoms with Crippen LogP contribution in [0.15, 0.2) is 57.8 Å². The van der Waals surface area contributed by atoms with Gasteiger partial charge in [0.2, 0.25) is 11.8 Å². The van der Waals surface area contributed by atoms with Crippen molar-refractivity contribution in [2.45, 2.75) is 26.2 Å². The van der Waals surface area contributed by atoms with Gasteiger partial charge >= 0.3 is 12.4 Å². The van der Waals surface area contributed by atoms with Gasteiger partial charge in [-0.3, -0.25) is 0 Å². The van der Waals surface area contributed by atoms with Gasteiger partial charge in [0.05, 0.1) is 0 Å². The van der Waals surface area contributed by atoms with Gasteiger partial charge in [-0.05, 0) is 49.2 Å². The summed E-state index contributed by atoms with van der Waals surface area (Å²) < 4.78 is 92.8. The normalized spacial score (nSPS) is 12.2. The second-order valence-corrected chi connectivity index (χ2v) is 7.13. The summed E-state index contributed by atoms with van der Waals surface area (Å²) in [5, 5.41) is 0. The third-order valence-electron chi connectivity index (χ3n) is 4.70. The number of benzene rings is 2. The van der Waals surface area contributed by atoms with Crippen LogP contribution in [0.1, 0.15) is 22.5 Å². The molecule has 33 heavy (non-hydrogen) atoms. The summed E-state index contributed by atoms with van der Waals surface area (Å²) in [7, 11) is 0. The summed E-state index contributed by atoms with van der Waals surface area (Å²) in [5.74, 6) is 0.0461. The molecule has 0 atom stereocenters. The maximum atomic E-state index is 12.8. The monoisotopic (exact) mass is 468 g/mol. The van der Waals surface area contributed by atoms with Crippen molar-refractivity contribution in [1.82, 2.24) is 9.97 Å². The number of hydrogen-bond acceptors (Lipinski definition) is 5. The van der Waals surface area contributed by atoms with Crippen LogP contribution in [-0.4, -0.2) is 9.97 Å². The van der Waals surface area contributed by atoms with E-state index in [4.69, 9.17) is 13.6 Å². The first kappa shape index (κ1) is 22.4. The van der Waals surface area contributed by atoms with Crippen LogP contribution in [0.3, 0.4) is 0 Å². The largest absolute Gasteiger partial charge is 0.457 e. The minimum Gasteiger partial charge on any atom is -0.457 e. The average Bonchev–Trinajstić information content (AvgIpc) is 3.40. The fourth-order valence-electron chi connectivity index (χ4n) is 2.98. The predicted octanol–water partition coefficient (Wildman–Crippen LogP) is 7.44. The fraction of sp³-hybridized carbons (Fsp3) is 0.182. The number of alkyl halides is 6. The smallest absolute Gasteiger partial charge is 0.436 e. The molecule has 0 aliphatic rings. The van der Waals surface area contributed by atoms with E-state index in [0.717, 1.165) is 0 Å². The van der Waals surface area contributed by atoms with Crippen LogP contribution in [0.25, 0.3) is 22.9 Å². The molecular weight excluding hydrogens is 454 g/mol. The van der Waals surface area contributed by atoms with Gasteiger partial charge in [0.15, 0.2) is 11.4 Å². The third kappa shape index (κ3) is 4.71. The van der Waals surface area contributed by atoms with Crippen LogP contribution < -0.4 is 4.74 Å². The van der Waals surface area contributed by atoms with Crippen LogP contribution in [0.4, 0.5) is 26.3 Å². The lowest BCUT2D eigenvalue weighted by Crippen LogP contribution is -2.04. The zero-order chi connectivity index (χ0) is 24.0. The van der Waals surface area contributed by atoms with Crippen molar-refractivity contribution in [2.75, 3.05) is 0 Å². The van der Waals surface area contributed by atoms with Crippen molar-refractivity contribution >= 4 is 0 Å². The molecular formula is C22H14F6N2O3. The molecule has 2 aromatic heterocycles. The Hall–Kier alpha value is -3.76. The zero-order valence-electron chi connectivity index (χ0n) is 17.0. The Bertz CT molecular complexity index is 1200. The van der Waals surface area contributed by atoms with Gasteiger partial charge in [-0.1, -0.05) is 12.1 Å². The maximum absolute atomic E-state index is 12.8. The number of rotatable bonds is 4. The zero-order valence-corrected chi connectivity index (χ0v) is 17.0. The van der Waals surface area contributed by atoms with Gasteiger partial charge in [0.25, 0.3) is 0 Å². The van der Waals surface area contributed by atoms with E-state index in [-0.39, 0.29) is 34.4 Å². The van der Waals surface area contributed by atoms with Crippen LogP contribution in [0.5, 0.6) is 11.5 Å². The molecule has 0 unspecified atom stereocenters. The number of ether oxygens (including phenoxy) is 1. The second kappa shape index (κ2) is 7.98. The maximum Gasteiger partial charge on any atom is 0.436 e. The minimum absolute atomic E-state index is 0.227. The molecule has 0 saturated carbocycles. The molecule has 0 amide bonds. The predicted molar refractivity (Wildman–Crippen MR) is 103 cm³/mol. The van der Waals surface area contributed by atoms with Crippen molar-refractivity contribution in [3.8, 4) is 34.4 Å². The summed E-state index contributed by atoms with van der Waals surface area (Å²) in [6, 6.07) is 9.29. The van der Waals surface area contributed by atoms with Gasteiger partial charge in [0, 0.05) is 11.1 Å². The molecule has 0 bridgehead atoms. The van der Waals surface area contributed by atoms with E-state index in [1.54, 1.807) is 38.1 Å². The topological polar surface area (TPSA) is 61.3 Å². The molecule has 0 N–H and O–H groups in total. The fourth-order valence-corrected chi connectivity index (χ4v) is 2.98. The minimum atomic E-state index is -4.64. The molecule has 0 aliphatic heterocycles. The lowest BCUT2D eigenvalue weighted by atomic mass is 10.1. The van der Waals surface area contributed by atoms with Gasteiger partial charge in [0.1, 0.15) is 24.0 Å². The number of hydrogen-bond donors (Lipinski definition) is 0. The van der Waals surface area contributed by atoms with E-state index >= 15 is 0 Å². The molecule has 0 radical (unpaired) electrons. The molecule has 4 aromatic rings. The quantitative estimate of drug-likeness (QED) is 0.291. The molecule has 4 rings (SSSR count). The first-order valence-corrected chi connectivity index (χ1v) is 9.37. The molecule has 0 aliphatic carbocycles. The number of nitrogens with zero attached hydrogens (tertiary/aromatic N) is 2. The van der Waals surface area contributed by atoms with Crippen LogP contribution >= 0.6 is 0 Å². The Balaban J connectivity index is 1.64. The third-order valence-corrected chi connectivity index (χ3v) is 4.70. The second-order valence-electron chi connectivity index (χ2n) is 7.13. The Morgan fingerprint density at radius 1 is 0.667 bits per heavy atom. The Morgan fingerprint density at radius 2 is 1.06 bits per heavy atom. The molecule has 172 valence electrons. The van der Waals surface area contributed by atoms with E-state index in [1.165, 1.54) is 12.1 Å². The highest BCUT2D eigenvalue weighted by Crippen LogP contribution is 2.36. The summed E-state index contributed by atoms with van der Waals surface area (Å²) in [5.41, 5.74) is -0.536. The molecule has 2 aromatic carbocycles. The number of halogens is 6. The van der Waals surface area contributed by atoms with Gasteiger partial charge in [-0.15, -0.1) is 0 Å². The number of aryl methyl sites for hydroxylation is 2. The van der Waals surface area contributed by atoms with E-state index in [1.807, 2.05) is 0 Å².